The first-order chi connectivity index (χ1) is 7.95. The summed E-state index contributed by atoms with van der Waals surface area (Å²) in [5.74, 6) is 0. The Balaban J connectivity index is 2.16. The van der Waals surface area contributed by atoms with Crippen LogP contribution < -0.4 is 5.32 Å². The minimum absolute atomic E-state index is 0.499. The van der Waals surface area contributed by atoms with Gasteiger partial charge in [-0.2, -0.15) is 13.2 Å². The number of hydrogen-bond acceptors (Lipinski definition) is 4. The van der Waals surface area contributed by atoms with Crippen molar-refractivity contribution in [3.8, 4) is 0 Å². The highest BCUT2D eigenvalue weighted by Gasteiger charge is 2.29. The van der Waals surface area contributed by atoms with Gasteiger partial charge < -0.3 is 5.32 Å². The number of benzene rings is 1. The number of H-pyrrole nitrogens is 1. The summed E-state index contributed by atoms with van der Waals surface area (Å²) >= 11 is 6.04. The first-order valence-corrected chi connectivity index (χ1v) is 5.67. The van der Waals surface area contributed by atoms with Gasteiger partial charge in [-0.3, -0.25) is 5.10 Å². The highest BCUT2D eigenvalue weighted by atomic mass is 32.1. The molecular formula is C9H6F3N3S2. The third kappa shape index (κ3) is 3.04. The van der Waals surface area contributed by atoms with Gasteiger partial charge in [0.15, 0.2) is 3.95 Å². The summed E-state index contributed by atoms with van der Waals surface area (Å²) in [5.41, 5.74) is -0.159. The maximum absolute atomic E-state index is 12.3. The molecule has 0 saturated carbocycles. The van der Waals surface area contributed by atoms with Gasteiger partial charge in [-0.05, 0) is 36.5 Å². The second-order valence-electron chi connectivity index (χ2n) is 3.12. The lowest BCUT2D eigenvalue weighted by Gasteiger charge is -2.07. The Labute approximate surface area is 103 Å². The lowest BCUT2D eigenvalue weighted by molar-refractivity contribution is -0.137. The molecule has 8 heteroatoms. The van der Waals surface area contributed by atoms with Gasteiger partial charge in [0.25, 0.3) is 0 Å². The number of nitrogens with one attached hydrogen (secondary N) is 2. The molecule has 2 rings (SSSR count). The minimum Gasteiger partial charge on any atom is -0.330 e. The standard InChI is InChI=1S/C9H6F3N3S2/c10-9(11,12)5-1-3-6(4-2-5)13-7-14-15-8(16)17-7/h1-4H,(H,13,14)(H,15,16). The van der Waals surface area contributed by atoms with E-state index < -0.39 is 11.7 Å². The number of rotatable bonds is 2. The van der Waals surface area contributed by atoms with Crippen LogP contribution in [0.25, 0.3) is 0 Å². The third-order valence-corrected chi connectivity index (χ3v) is 2.91. The van der Waals surface area contributed by atoms with E-state index in [4.69, 9.17) is 12.2 Å². The quantitative estimate of drug-likeness (QED) is 0.816. The number of anilines is 2. The van der Waals surface area contributed by atoms with Crippen molar-refractivity contribution in [1.29, 1.82) is 0 Å². The molecule has 0 bridgehead atoms. The van der Waals surface area contributed by atoms with E-state index in [1.165, 1.54) is 23.5 Å². The highest BCUT2D eigenvalue weighted by molar-refractivity contribution is 7.73. The molecule has 0 unspecified atom stereocenters. The van der Waals surface area contributed by atoms with Crippen LogP contribution in [0.15, 0.2) is 24.3 Å². The van der Waals surface area contributed by atoms with Crippen molar-refractivity contribution in [3.63, 3.8) is 0 Å². The van der Waals surface area contributed by atoms with Crippen LogP contribution in [0.1, 0.15) is 5.56 Å². The van der Waals surface area contributed by atoms with E-state index in [-0.39, 0.29) is 0 Å². The first-order valence-electron chi connectivity index (χ1n) is 4.45. The molecule has 0 saturated heterocycles. The highest BCUT2D eigenvalue weighted by Crippen LogP contribution is 2.30. The van der Waals surface area contributed by atoms with Gasteiger partial charge >= 0.3 is 6.18 Å². The van der Waals surface area contributed by atoms with Gasteiger partial charge in [0.1, 0.15) is 0 Å². The molecule has 2 N–H and O–H groups in total. The molecule has 1 heterocycles. The molecule has 0 aliphatic heterocycles. The molecule has 0 amide bonds. The van der Waals surface area contributed by atoms with Crippen molar-refractivity contribution in [2.75, 3.05) is 5.32 Å². The van der Waals surface area contributed by atoms with Crippen LogP contribution in [-0.2, 0) is 6.18 Å². The van der Waals surface area contributed by atoms with Gasteiger partial charge in [0, 0.05) is 5.69 Å². The van der Waals surface area contributed by atoms with Crippen LogP contribution in [0.4, 0.5) is 24.0 Å². The van der Waals surface area contributed by atoms with E-state index in [0.29, 0.717) is 14.8 Å². The van der Waals surface area contributed by atoms with Crippen LogP contribution in [0, 0.1) is 3.95 Å². The van der Waals surface area contributed by atoms with Crippen molar-refractivity contribution in [2.45, 2.75) is 6.18 Å². The molecule has 3 nitrogen and oxygen atoms in total. The summed E-state index contributed by atoms with van der Waals surface area (Å²) in [4.78, 5) is 0. The maximum Gasteiger partial charge on any atom is 0.416 e. The molecular weight excluding hydrogens is 271 g/mol. The number of halogens is 3. The van der Waals surface area contributed by atoms with Crippen molar-refractivity contribution in [1.82, 2.24) is 10.2 Å². The number of alkyl halides is 3. The summed E-state index contributed by atoms with van der Waals surface area (Å²) < 4.78 is 37.4. The SMILES string of the molecule is FC(F)(F)c1ccc(Nc2n[nH]c(=S)s2)cc1. The molecule has 0 fully saturated rings. The molecule has 90 valence electrons. The van der Waals surface area contributed by atoms with Gasteiger partial charge in [-0.1, -0.05) is 11.3 Å². The summed E-state index contributed by atoms with van der Waals surface area (Å²) in [5, 5.41) is 9.76. The number of hydrogen-bond donors (Lipinski definition) is 2. The average Bonchev–Trinajstić information content (AvgIpc) is 2.63. The number of aromatic nitrogens is 2. The third-order valence-electron chi connectivity index (χ3n) is 1.90. The van der Waals surface area contributed by atoms with E-state index >= 15 is 0 Å². The fourth-order valence-corrected chi connectivity index (χ4v) is 1.96. The van der Waals surface area contributed by atoms with Crippen LogP contribution in [0.3, 0.4) is 0 Å². The van der Waals surface area contributed by atoms with E-state index in [0.717, 1.165) is 12.1 Å². The van der Waals surface area contributed by atoms with Crippen molar-refractivity contribution in [3.05, 3.63) is 33.8 Å². The first kappa shape index (κ1) is 12.1. The number of aromatic amines is 1. The molecule has 1 aromatic heterocycles. The monoisotopic (exact) mass is 277 g/mol. The van der Waals surface area contributed by atoms with Gasteiger partial charge in [-0.15, -0.1) is 5.10 Å². The fourth-order valence-electron chi connectivity index (χ4n) is 1.15. The maximum atomic E-state index is 12.3. The van der Waals surface area contributed by atoms with Gasteiger partial charge in [0.05, 0.1) is 5.56 Å². The molecule has 0 atom stereocenters. The number of nitrogens with zero attached hydrogens (tertiary/aromatic N) is 1. The topological polar surface area (TPSA) is 40.7 Å². The van der Waals surface area contributed by atoms with Gasteiger partial charge in [0.2, 0.25) is 5.13 Å². The van der Waals surface area contributed by atoms with E-state index in [1.807, 2.05) is 0 Å². The van der Waals surface area contributed by atoms with Crippen LogP contribution in [0.2, 0.25) is 0 Å². The molecule has 0 aliphatic rings. The molecule has 2 aromatic rings. The van der Waals surface area contributed by atoms with Gasteiger partial charge in [-0.25, -0.2) is 0 Å². The predicted molar refractivity (Wildman–Crippen MR) is 62.0 cm³/mol. The molecule has 17 heavy (non-hydrogen) atoms. The van der Waals surface area contributed by atoms with E-state index in [1.54, 1.807) is 0 Å². The van der Waals surface area contributed by atoms with Crippen LogP contribution in [0.5, 0.6) is 0 Å². The largest absolute Gasteiger partial charge is 0.416 e. The Bertz CT molecular complexity index is 556. The fraction of sp³-hybridized carbons (Fsp3) is 0.111. The van der Waals surface area contributed by atoms with E-state index in [9.17, 15) is 13.2 Å². The van der Waals surface area contributed by atoms with E-state index in [2.05, 4.69) is 15.5 Å². The Hall–Kier alpha value is -1.41. The predicted octanol–water partition coefficient (Wildman–Crippen LogP) is 3.96. The molecule has 0 aliphatic carbocycles. The van der Waals surface area contributed by atoms with Crippen LogP contribution >= 0.6 is 23.6 Å². The zero-order valence-corrected chi connectivity index (χ0v) is 9.84. The smallest absolute Gasteiger partial charge is 0.330 e. The summed E-state index contributed by atoms with van der Waals surface area (Å²) in [6.07, 6.45) is -4.32. The Morgan fingerprint density at radius 1 is 1.24 bits per heavy atom. The lowest BCUT2D eigenvalue weighted by Crippen LogP contribution is -2.04. The summed E-state index contributed by atoms with van der Waals surface area (Å²) in [6, 6.07) is 4.70. The lowest BCUT2D eigenvalue weighted by atomic mass is 10.2. The normalized spacial score (nSPS) is 11.5. The zero-order valence-electron chi connectivity index (χ0n) is 8.21. The van der Waals surface area contributed by atoms with Crippen molar-refractivity contribution in [2.24, 2.45) is 0 Å². The summed E-state index contributed by atoms with van der Waals surface area (Å²) in [7, 11) is 0. The Morgan fingerprint density at radius 3 is 2.35 bits per heavy atom. The van der Waals surface area contributed by atoms with Crippen molar-refractivity contribution >= 4 is 34.4 Å². The minimum atomic E-state index is -4.32. The second kappa shape index (κ2) is 4.46. The zero-order chi connectivity index (χ0) is 12.5. The summed E-state index contributed by atoms with van der Waals surface area (Å²) in [6.45, 7) is 0. The average molecular weight is 277 g/mol. The molecule has 0 radical (unpaired) electrons. The Morgan fingerprint density at radius 2 is 1.88 bits per heavy atom. The second-order valence-corrected chi connectivity index (χ2v) is 4.78. The molecule has 0 spiro atoms. The molecule has 1 aromatic carbocycles. The van der Waals surface area contributed by atoms with Crippen molar-refractivity contribution < 1.29 is 13.2 Å². The van der Waals surface area contributed by atoms with Crippen LogP contribution in [-0.4, -0.2) is 10.2 Å². The Kier molecular flexibility index (Phi) is 3.16.